The van der Waals surface area contributed by atoms with Gasteiger partial charge < -0.3 is 19.9 Å². The summed E-state index contributed by atoms with van der Waals surface area (Å²) < 4.78 is 5.38. The average molecular weight is 323 g/mol. The number of ether oxygens (including phenoxy) is 1. The second-order valence-corrected chi connectivity index (χ2v) is 7.08. The van der Waals surface area contributed by atoms with Gasteiger partial charge in [-0.25, -0.2) is 9.78 Å². The molecule has 8 heteroatoms. The topological polar surface area (TPSA) is 60.9 Å². The highest BCUT2D eigenvalue weighted by Gasteiger charge is 2.36. The molecular formula is C14H21N5O2S. The number of anilines is 1. The van der Waals surface area contributed by atoms with Crippen molar-refractivity contribution in [1.29, 1.82) is 0 Å². The van der Waals surface area contributed by atoms with Gasteiger partial charge in [0, 0.05) is 56.9 Å². The molecule has 0 radical (unpaired) electrons. The van der Waals surface area contributed by atoms with Gasteiger partial charge in [-0.05, 0) is 0 Å². The van der Waals surface area contributed by atoms with Gasteiger partial charge in [0.1, 0.15) is 0 Å². The van der Waals surface area contributed by atoms with Gasteiger partial charge in [0.05, 0.1) is 19.3 Å². The lowest BCUT2D eigenvalue weighted by molar-refractivity contribution is 0.0596. The maximum absolute atomic E-state index is 11.6. The van der Waals surface area contributed by atoms with Crippen LogP contribution in [0.3, 0.4) is 0 Å². The minimum absolute atomic E-state index is 0.0945. The maximum atomic E-state index is 11.6. The number of amides is 2. The number of hydrogen-bond donors (Lipinski definition) is 1. The van der Waals surface area contributed by atoms with Crippen LogP contribution in [0.25, 0.3) is 0 Å². The van der Waals surface area contributed by atoms with Gasteiger partial charge in [0.15, 0.2) is 5.13 Å². The van der Waals surface area contributed by atoms with Crippen LogP contribution in [0.5, 0.6) is 0 Å². The Morgan fingerprint density at radius 2 is 2.14 bits per heavy atom. The van der Waals surface area contributed by atoms with Crippen molar-refractivity contribution in [3.8, 4) is 0 Å². The Labute approximate surface area is 133 Å². The van der Waals surface area contributed by atoms with Crippen LogP contribution in [-0.4, -0.2) is 79.3 Å². The van der Waals surface area contributed by atoms with Crippen molar-refractivity contribution in [1.82, 2.24) is 20.1 Å². The Morgan fingerprint density at radius 3 is 2.86 bits per heavy atom. The third-order valence-electron chi connectivity index (χ3n) is 4.47. The molecular weight excluding hydrogens is 302 g/mol. The summed E-state index contributed by atoms with van der Waals surface area (Å²) in [6, 6.07) is 0.478. The van der Waals surface area contributed by atoms with Gasteiger partial charge in [0.25, 0.3) is 0 Å². The molecule has 0 spiro atoms. The molecule has 4 heterocycles. The van der Waals surface area contributed by atoms with Gasteiger partial charge in [0.2, 0.25) is 0 Å². The van der Waals surface area contributed by atoms with Crippen LogP contribution in [0.4, 0.5) is 9.93 Å². The van der Waals surface area contributed by atoms with E-state index in [0.29, 0.717) is 6.04 Å². The maximum Gasteiger partial charge on any atom is 0.317 e. The zero-order chi connectivity index (χ0) is 14.9. The van der Waals surface area contributed by atoms with E-state index in [9.17, 15) is 4.79 Å². The van der Waals surface area contributed by atoms with Crippen LogP contribution in [-0.2, 0) is 11.3 Å². The second-order valence-electron chi connectivity index (χ2n) is 5.98. The highest BCUT2D eigenvalue weighted by atomic mass is 32.1. The summed E-state index contributed by atoms with van der Waals surface area (Å²) in [6.45, 7) is 7.96. The molecule has 0 saturated carbocycles. The van der Waals surface area contributed by atoms with Gasteiger partial charge in [-0.2, -0.15) is 0 Å². The highest BCUT2D eigenvalue weighted by molar-refractivity contribution is 7.15. The third kappa shape index (κ3) is 2.78. The Morgan fingerprint density at radius 1 is 1.32 bits per heavy atom. The Bertz CT molecular complexity index is 539. The minimum atomic E-state index is 0.0945. The van der Waals surface area contributed by atoms with Crippen molar-refractivity contribution in [2.24, 2.45) is 0 Å². The molecule has 120 valence electrons. The van der Waals surface area contributed by atoms with Crippen LogP contribution in [0, 0.1) is 0 Å². The second kappa shape index (κ2) is 6.02. The first-order chi connectivity index (χ1) is 10.8. The van der Waals surface area contributed by atoms with Gasteiger partial charge >= 0.3 is 6.03 Å². The van der Waals surface area contributed by atoms with E-state index in [4.69, 9.17) is 4.74 Å². The third-order valence-corrected chi connectivity index (χ3v) is 5.51. The van der Waals surface area contributed by atoms with E-state index in [0.717, 1.165) is 64.2 Å². The summed E-state index contributed by atoms with van der Waals surface area (Å²) in [4.78, 5) is 24.1. The number of nitrogens with zero attached hydrogens (tertiary/aromatic N) is 4. The molecule has 0 aliphatic carbocycles. The van der Waals surface area contributed by atoms with Crippen molar-refractivity contribution in [3.05, 3.63) is 11.1 Å². The van der Waals surface area contributed by atoms with E-state index in [1.165, 1.54) is 4.88 Å². The lowest BCUT2D eigenvalue weighted by Crippen LogP contribution is -2.59. The molecule has 0 atom stereocenters. The van der Waals surface area contributed by atoms with Crippen LogP contribution < -0.4 is 10.2 Å². The van der Waals surface area contributed by atoms with Crippen molar-refractivity contribution in [2.75, 3.05) is 57.4 Å². The summed E-state index contributed by atoms with van der Waals surface area (Å²) in [7, 11) is 0. The Balaban J connectivity index is 1.28. The number of urea groups is 1. The monoisotopic (exact) mass is 323 g/mol. The predicted octanol–water partition coefficient (Wildman–Crippen LogP) is 0.189. The summed E-state index contributed by atoms with van der Waals surface area (Å²) in [5, 5.41) is 3.97. The fourth-order valence-electron chi connectivity index (χ4n) is 3.20. The minimum Gasteiger partial charge on any atom is -0.378 e. The zero-order valence-electron chi connectivity index (χ0n) is 12.5. The molecule has 0 bridgehead atoms. The quantitative estimate of drug-likeness (QED) is 0.857. The van der Waals surface area contributed by atoms with Crippen LogP contribution in [0.1, 0.15) is 4.88 Å². The fourth-order valence-corrected chi connectivity index (χ4v) is 4.20. The number of nitrogens with one attached hydrogen (secondary N) is 1. The molecule has 1 N–H and O–H groups in total. The first-order valence-corrected chi connectivity index (χ1v) is 8.65. The van der Waals surface area contributed by atoms with Gasteiger partial charge in [-0.3, -0.25) is 4.90 Å². The van der Waals surface area contributed by atoms with Crippen molar-refractivity contribution in [3.63, 3.8) is 0 Å². The summed E-state index contributed by atoms with van der Waals surface area (Å²) >= 11 is 1.78. The number of thiazole rings is 1. The molecule has 1 aromatic rings. The number of carbonyl (C=O) groups is 1. The lowest BCUT2D eigenvalue weighted by Gasteiger charge is -2.43. The summed E-state index contributed by atoms with van der Waals surface area (Å²) in [6.07, 6.45) is 1.99. The van der Waals surface area contributed by atoms with E-state index < -0.39 is 0 Å². The first kappa shape index (κ1) is 14.2. The smallest absolute Gasteiger partial charge is 0.317 e. The van der Waals surface area contributed by atoms with E-state index >= 15 is 0 Å². The van der Waals surface area contributed by atoms with Gasteiger partial charge in [-0.1, -0.05) is 0 Å². The van der Waals surface area contributed by atoms with E-state index in [1.54, 1.807) is 11.3 Å². The van der Waals surface area contributed by atoms with Crippen LogP contribution >= 0.6 is 11.3 Å². The first-order valence-electron chi connectivity index (χ1n) is 7.84. The summed E-state index contributed by atoms with van der Waals surface area (Å²) in [5.74, 6) is 0. The highest BCUT2D eigenvalue weighted by Crippen LogP contribution is 2.26. The largest absolute Gasteiger partial charge is 0.378 e. The SMILES string of the molecule is O=C1NCCN1C1CN(Cc2cnc(N3CCOCC3)s2)C1. The molecule has 3 fully saturated rings. The van der Waals surface area contributed by atoms with Crippen molar-refractivity contribution in [2.45, 2.75) is 12.6 Å². The molecule has 0 aromatic carbocycles. The number of aromatic nitrogens is 1. The molecule has 7 nitrogen and oxygen atoms in total. The zero-order valence-corrected chi connectivity index (χ0v) is 13.3. The van der Waals surface area contributed by atoms with Crippen LogP contribution in [0.2, 0.25) is 0 Å². The number of carbonyl (C=O) groups excluding carboxylic acids is 1. The number of likely N-dealkylation sites (tertiary alicyclic amines) is 1. The number of rotatable bonds is 4. The van der Waals surface area contributed by atoms with Crippen molar-refractivity contribution >= 4 is 22.5 Å². The molecule has 3 aliphatic heterocycles. The summed E-state index contributed by atoms with van der Waals surface area (Å²) in [5.41, 5.74) is 0. The van der Waals surface area contributed by atoms with Gasteiger partial charge in [-0.15, -0.1) is 11.3 Å². The normalized spacial score (nSPS) is 23.7. The molecule has 4 rings (SSSR count). The molecule has 0 unspecified atom stereocenters. The number of morpholine rings is 1. The predicted molar refractivity (Wildman–Crippen MR) is 84.3 cm³/mol. The Hall–Kier alpha value is -1.38. The number of hydrogen-bond acceptors (Lipinski definition) is 6. The molecule has 1 aromatic heterocycles. The van der Waals surface area contributed by atoms with Crippen LogP contribution in [0.15, 0.2) is 6.20 Å². The lowest BCUT2D eigenvalue weighted by atomic mass is 10.1. The fraction of sp³-hybridized carbons (Fsp3) is 0.714. The Kier molecular flexibility index (Phi) is 3.89. The van der Waals surface area contributed by atoms with Crippen molar-refractivity contribution < 1.29 is 9.53 Å². The molecule has 3 aliphatic rings. The molecule has 2 amide bonds. The van der Waals surface area contributed by atoms with E-state index in [1.807, 2.05) is 11.1 Å². The molecule has 3 saturated heterocycles. The van der Waals surface area contributed by atoms with E-state index in [2.05, 4.69) is 20.1 Å². The average Bonchev–Trinajstić information content (AvgIpc) is 3.13. The standard InChI is InChI=1S/C14H21N5O2S/c20-13-15-1-2-19(13)11-8-17(9-11)10-12-7-16-14(22-12)18-3-5-21-6-4-18/h7,11H,1-6,8-10H2,(H,15,20). The van der Waals surface area contributed by atoms with E-state index in [-0.39, 0.29) is 6.03 Å². The molecule has 22 heavy (non-hydrogen) atoms.